The summed E-state index contributed by atoms with van der Waals surface area (Å²) in [4.78, 5) is 28.7. The Bertz CT molecular complexity index is 1460. The lowest BCUT2D eigenvalue weighted by molar-refractivity contribution is 0.0970. The molecule has 0 unspecified atom stereocenters. The zero-order chi connectivity index (χ0) is 23.3. The molecule has 1 aliphatic rings. The average molecular weight is 465 g/mol. The third kappa shape index (κ3) is 3.13. The zero-order valence-electron chi connectivity index (χ0n) is 18.2. The Morgan fingerprint density at radius 2 is 1.85 bits per heavy atom. The van der Waals surface area contributed by atoms with Crippen LogP contribution < -0.4 is 24.5 Å². The molecule has 2 aromatic carbocycles. The summed E-state index contributed by atoms with van der Waals surface area (Å²) in [5, 5.41) is 9.59. The van der Waals surface area contributed by atoms with Crippen molar-refractivity contribution < 1.29 is 23.4 Å². The maximum absolute atomic E-state index is 13.7. The highest BCUT2D eigenvalue weighted by Crippen LogP contribution is 2.46. The number of benzene rings is 2. The molecule has 0 N–H and O–H groups in total. The number of nitrogens with zero attached hydrogens (tertiary/aromatic N) is 3. The number of hydrogen-bond donors (Lipinski definition) is 0. The molecule has 1 amide bonds. The van der Waals surface area contributed by atoms with Gasteiger partial charge in [0.1, 0.15) is 22.4 Å². The van der Waals surface area contributed by atoms with Crippen LogP contribution in [0.25, 0.3) is 11.0 Å². The van der Waals surface area contributed by atoms with Gasteiger partial charge >= 0.3 is 0 Å². The molecule has 5 rings (SSSR count). The highest BCUT2D eigenvalue weighted by molar-refractivity contribution is 7.15. The Hall–Kier alpha value is -3.92. The van der Waals surface area contributed by atoms with Gasteiger partial charge in [-0.05, 0) is 25.1 Å². The first-order valence-corrected chi connectivity index (χ1v) is 10.8. The minimum absolute atomic E-state index is 0.0523. The molecule has 0 spiro atoms. The highest BCUT2D eigenvalue weighted by Gasteiger charge is 2.46. The van der Waals surface area contributed by atoms with E-state index in [2.05, 4.69) is 10.2 Å². The first kappa shape index (κ1) is 21.0. The third-order valence-corrected chi connectivity index (χ3v) is 6.37. The second-order valence-electron chi connectivity index (χ2n) is 7.30. The minimum atomic E-state index is -0.840. The fourth-order valence-corrected chi connectivity index (χ4v) is 4.79. The van der Waals surface area contributed by atoms with Gasteiger partial charge in [0.05, 0.1) is 32.3 Å². The van der Waals surface area contributed by atoms with E-state index in [1.54, 1.807) is 43.3 Å². The summed E-state index contributed by atoms with van der Waals surface area (Å²) >= 11 is 1.24. The zero-order valence-corrected chi connectivity index (χ0v) is 19.1. The smallest absolute Gasteiger partial charge is 0.297 e. The van der Waals surface area contributed by atoms with Crippen molar-refractivity contribution in [3.63, 3.8) is 0 Å². The Balaban J connectivity index is 1.84. The number of aromatic nitrogens is 2. The number of carbonyl (C=O) groups is 1. The van der Waals surface area contributed by atoms with E-state index in [9.17, 15) is 9.59 Å². The summed E-state index contributed by atoms with van der Waals surface area (Å²) in [5.74, 6) is 0.852. The normalized spacial score (nSPS) is 15.1. The van der Waals surface area contributed by atoms with Crippen LogP contribution in [-0.2, 0) is 0 Å². The molecule has 33 heavy (non-hydrogen) atoms. The van der Waals surface area contributed by atoms with Crippen LogP contribution in [0.4, 0.5) is 5.13 Å². The molecule has 168 valence electrons. The quantitative estimate of drug-likeness (QED) is 0.439. The predicted molar refractivity (Wildman–Crippen MR) is 122 cm³/mol. The first-order valence-electron chi connectivity index (χ1n) is 9.97. The van der Waals surface area contributed by atoms with Gasteiger partial charge in [0.2, 0.25) is 10.9 Å². The van der Waals surface area contributed by atoms with Gasteiger partial charge < -0.3 is 18.6 Å². The standard InChI is InChI=1S/C23H19N3O6S/c1-11-24-25-23(33-11)26-18(14-6-5-7-15(30-3)20(14)31-4)17-19(27)13-9-8-12(29-2)10-16(13)32-21(17)22(26)28/h5-10,18H,1-4H3/t18-/m0/s1. The van der Waals surface area contributed by atoms with Gasteiger partial charge in [-0.15, -0.1) is 10.2 Å². The van der Waals surface area contributed by atoms with Crippen LogP contribution >= 0.6 is 11.3 Å². The van der Waals surface area contributed by atoms with Crippen LogP contribution in [0.3, 0.4) is 0 Å². The van der Waals surface area contributed by atoms with Crippen molar-refractivity contribution in [2.45, 2.75) is 13.0 Å². The fourth-order valence-electron chi connectivity index (χ4n) is 4.08. The van der Waals surface area contributed by atoms with Crippen molar-refractivity contribution in [3.8, 4) is 17.2 Å². The molecule has 0 radical (unpaired) electrons. The Morgan fingerprint density at radius 1 is 1.03 bits per heavy atom. The molecule has 9 nitrogen and oxygen atoms in total. The summed E-state index contributed by atoms with van der Waals surface area (Å²) in [6.45, 7) is 1.79. The van der Waals surface area contributed by atoms with Crippen molar-refractivity contribution in [2.24, 2.45) is 0 Å². The van der Waals surface area contributed by atoms with Gasteiger partial charge in [-0.3, -0.25) is 14.5 Å². The largest absolute Gasteiger partial charge is 0.497 e. The number of fused-ring (bicyclic) bond motifs is 2. The summed E-state index contributed by atoms with van der Waals surface area (Å²) in [6, 6.07) is 9.35. The van der Waals surface area contributed by atoms with Gasteiger partial charge in [0, 0.05) is 11.6 Å². The van der Waals surface area contributed by atoms with E-state index in [0.717, 1.165) is 0 Å². The molecule has 0 aliphatic carbocycles. The second-order valence-corrected chi connectivity index (χ2v) is 8.46. The SMILES string of the molecule is COc1ccc2c(=O)c3c(oc2c1)C(=O)N(c1nnc(C)s1)[C@H]3c1cccc(OC)c1OC. The van der Waals surface area contributed by atoms with Gasteiger partial charge in [0.25, 0.3) is 5.91 Å². The summed E-state index contributed by atoms with van der Waals surface area (Å²) < 4.78 is 22.3. The number of rotatable bonds is 5. The molecular weight excluding hydrogens is 446 g/mol. The van der Waals surface area contributed by atoms with E-state index >= 15 is 0 Å². The monoisotopic (exact) mass is 465 g/mol. The van der Waals surface area contributed by atoms with Crippen LogP contribution in [0, 0.1) is 6.92 Å². The van der Waals surface area contributed by atoms with Gasteiger partial charge in [-0.1, -0.05) is 23.5 Å². The van der Waals surface area contributed by atoms with Crippen LogP contribution in [0.1, 0.15) is 32.7 Å². The molecule has 0 saturated heterocycles. The number of carbonyl (C=O) groups excluding carboxylic acids is 1. The van der Waals surface area contributed by atoms with Crippen molar-refractivity contribution in [1.29, 1.82) is 0 Å². The number of aryl methyl sites for hydroxylation is 1. The summed E-state index contributed by atoms with van der Waals surface area (Å²) in [6.07, 6.45) is 0. The van der Waals surface area contributed by atoms with E-state index in [4.69, 9.17) is 18.6 Å². The first-order chi connectivity index (χ1) is 16.0. The summed E-state index contributed by atoms with van der Waals surface area (Å²) in [5.41, 5.74) is 0.716. The molecule has 0 bridgehead atoms. The maximum Gasteiger partial charge on any atom is 0.297 e. The van der Waals surface area contributed by atoms with Crippen molar-refractivity contribution in [1.82, 2.24) is 10.2 Å². The molecule has 3 heterocycles. The van der Waals surface area contributed by atoms with Crippen molar-refractivity contribution in [3.05, 3.63) is 68.5 Å². The Kier molecular flexibility index (Phi) is 5.01. The predicted octanol–water partition coefficient (Wildman–Crippen LogP) is 3.73. The Morgan fingerprint density at radius 3 is 2.52 bits per heavy atom. The lowest BCUT2D eigenvalue weighted by Gasteiger charge is -2.24. The number of para-hydroxylation sites is 1. The van der Waals surface area contributed by atoms with E-state index < -0.39 is 11.9 Å². The Labute approximate surface area is 192 Å². The number of hydrogen-bond acceptors (Lipinski definition) is 9. The minimum Gasteiger partial charge on any atom is -0.497 e. The third-order valence-electron chi connectivity index (χ3n) is 5.53. The van der Waals surface area contributed by atoms with Gasteiger partial charge in [-0.2, -0.15) is 0 Å². The molecule has 2 aromatic heterocycles. The van der Waals surface area contributed by atoms with E-state index in [1.807, 2.05) is 0 Å². The maximum atomic E-state index is 13.7. The van der Waals surface area contributed by atoms with Crippen LogP contribution in [0.2, 0.25) is 0 Å². The molecule has 1 aliphatic heterocycles. The number of methoxy groups -OCH3 is 3. The average Bonchev–Trinajstić information content (AvgIpc) is 3.38. The van der Waals surface area contributed by atoms with Crippen LogP contribution in [-0.4, -0.2) is 37.4 Å². The number of anilines is 1. The fraction of sp³-hybridized carbons (Fsp3) is 0.217. The lowest BCUT2D eigenvalue weighted by Crippen LogP contribution is -2.29. The number of ether oxygens (including phenoxy) is 3. The van der Waals surface area contributed by atoms with E-state index in [1.165, 1.54) is 37.6 Å². The second kappa shape index (κ2) is 7.89. The molecular formula is C23H19N3O6S. The van der Waals surface area contributed by atoms with E-state index in [0.29, 0.717) is 38.3 Å². The van der Waals surface area contributed by atoms with Crippen molar-refractivity contribution in [2.75, 3.05) is 26.2 Å². The molecule has 10 heteroatoms. The van der Waals surface area contributed by atoms with Gasteiger partial charge in [0.15, 0.2) is 16.9 Å². The van der Waals surface area contributed by atoms with Crippen LogP contribution in [0.5, 0.6) is 17.2 Å². The van der Waals surface area contributed by atoms with Gasteiger partial charge in [-0.25, -0.2) is 0 Å². The molecule has 0 saturated carbocycles. The highest BCUT2D eigenvalue weighted by atomic mass is 32.1. The van der Waals surface area contributed by atoms with Crippen molar-refractivity contribution >= 4 is 33.3 Å². The molecule has 4 aromatic rings. The topological polar surface area (TPSA) is 104 Å². The number of amides is 1. The molecule has 0 fully saturated rings. The van der Waals surface area contributed by atoms with Crippen LogP contribution in [0.15, 0.2) is 45.6 Å². The lowest BCUT2D eigenvalue weighted by atomic mass is 9.97. The molecule has 1 atom stereocenters. The summed E-state index contributed by atoms with van der Waals surface area (Å²) in [7, 11) is 4.55. The van der Waals surface area contributed by atoms with E-state index in [-0.39, 0.29) is 22.3 Å².